The van der Waals surface area contributed by atoms with E-state index in [2.05, 4.69) is 12.2 Å². The fourth-order valence-corrected chi connectivity index (χ4v) is 3.09. The maximum absolute atomic E-state index is 6.00. The van der Waals surface area contributed by atoms with Crippen molar-refractivity contribution in [3.63, 3.8) is 0 Å². The molecule has 1 heterocycles. The quantitative estimate of drug-likeness (QED) is 0.742. The van der Waals surface area contributed by atoms with Crippen molar-refractivity contribution in [1.82, 2.24) is 0 Å². The van der Waals surface area contributed by atoms with Gasteiger partial charge in [-0.25, -0.2) is 0 Å². The van der Waals surface area contributed by atoms with E-state index in [1.807, 2.05) is 44.2 Å². The Balaban J connectivity index is 2.21. The Hall–Kier alpha value is -1.39. The lowest BCUT2D eigenvalue weighted by Gasteiger charge is -2.18. The van der Waals surface area contributed by atoms with Gasteiger partial charge in [0.15, 0.2) is 0 Å². The topological polar surface area (TPSA) is 30.5 Å². The van der Waals surface area contributed by atoms with Crippen LogP contribution in [-0.4, -0.2) is 13.2 Å². The Kier molecular flexibility index (Phi) is 5.76. The van der Waals surface area contributed by atoms with Crippen molar-refractivity contribution < 1.29 is 9.47 Å². The van der Waals surface area contributed by atoms with Crippen LogP contribution in [0.4, 0.5) is 5.69 Å². The highest BCUT2D eigenvalue weighted by atomic mass is 35.5. The van der Waals surface area contributed by atoms with E-state index in [-0.39, 0.29) is 6.04 Å². The standard InChI is InChI=1S/C16H20ClNO2S/c1-4-19-12-6-7-14(20-5-2)13(10-12)18-11(3)15-8-9-16(17)21-15/h6-11,18H,4-5H2,1-3H3. The van der Waals surface area contributed by atoms with E-state index in [0.29, 0.717) is 13.2 Å². The van der Waals surface area contributed by atoms with Gasteiger partial charge in [0.25, 0.3) is 0 Å². The summed E-state index contributed by atoms with van der Waals surface area (Å²) in [6, 6.07) is 9.94. The average Bonchev–Trinajstić information content (AvgIpc) is 2.89. The van der Waals surface area contributed by atoms with Crippen LogP contribution in [0.25, 0.3) is 0 Å². The van der Waals surface area contributed by atoms with Crippen LogP contribution in [0.2, 0.25) is 4.34 Å². The van der Waals surface area contributed by atoms with Crippen LogP contribution in [-0.2, 0) is 0 Å². The molecule has 5 heteroatoms. The minimum atomic E-state index is 0.151. The highest BCUT2D eigenvalue weighted by molar-refractivity contribution is 7.16. The molecule has 1 N–H and O–H groups in total. The Morgan fingerprint density at radius 2 is 1.90 bits per heavy atom. The zero-order valence-electron chi connectivity index (χ0n) is 12.5. The third-order valence-corrected chi connectivity index (χ3v) is 4.37. The van der Waals surface area contributed by atoms with Crippen LogP contribution in [0.1, 0.15) is 31.7 Å². The first kappa shape index (κ1) is 16.0. The van der Waals surface area contributed by atoms with Gasteiger partial charge in [-0.2, -0.15) is 0 Å². The van der Waals surface area contributed by atoms with Crippen LogP contribution in [0.5, 0.6) is 11.5 Å². The van der Waals surface area contributed by atoms with Crippen molar-refractivity contribution in [3.8, 4) is 11.5 Å². The number of hydrogen-bond donors (Lipinski definition) is 1. The Morgan fingerprint density at radius 3 is 2.52 bits per heavy atom. The van der Waals surface area contributed by atoms with Crippen LogP contribution >= 0.6 is 22.9 Å². The molecule has 0 radical (unpaired) electrons. The molecule has 1 aromatic heterocycles. The fraction of sp³-hybridized carbons (Fsp3) is 0.375. The molecule has 1 unspecified atom stereocenters. The van der Waals surface area contributed by atoms with Crippen LogP contribution in [0.3, 0.4) is 0 Å². The van der Waals surface area contributed by atoms with Gasteiger partial charge in [0.1, 0.15) is 11.5 Å². The average molecular weight is 326 g/mol. The summed E-state index contributed by atoms with van der Waals surface area (Å²) in [7, 11) is 0. The first-order valence-corrected chi connectivity index (χ1v) is 8.24. The molecule has 0 saturated heterocycles. The first-order valence-electron chi connectivity index (χ1n) is 7.05. The molecule has 2 rings (SSSR count). The van der Waals surface area contributed by atoms with E-state index in [1.54, 1.807) is 11.3 Å². The van der Waals surface area contributed by atoms with Crippen LogP contribution in [0, 0.1) is 0 Å². The lowest BCUT2D eigenvalue weighted by Crippen LogP contribution is -2.07. The van der Waals surface area contributed by atoms with Gasteiger partial charge in [-0.15, -0.1) is 11.3 Å². The van der Waals surface area contributed by atoms with Gasteiger partial charge >= 0.3 is 0 Å². The molecule has 0 bridgehead atoms. The van der Waals surface area contributed by atoms with Crippen molar-refractivity contribution in [2.45, 2.75) is 26.8 Å². The number of thiophene rings is 1. The van der Waals surface area contributed by atoms with Crippen molar-refractivity contribution >= 4 is 28.6 Å². The molecular formula is C16H20ClNO2S. The number of rotatable bonds is 7. The third-order valence-electron chi connectivity index (χ3n) is 2.95. The van der Waals surface area contributed by atoms with E-state index in [4.69, 9.17) is 21.1 Å². The second-order valence-electron chi connectivity index (χ2n) is 4.53. The van der Waals surface area contributed by atoms with E-state index in [9.17, 15) is 0 Å². The molecule has 0 aliphatic carbocycles. The number of nitrogens with one attached hydrogen (secondary N) is 1. The third kappa shape index (κ3) is 4.29. The molecule has 2 aromatic rings. The minimum absolute atomic E-state index is 0.151. The summed E-state index contributed by atoms with van der Waals surface area (Å²) in [5.41, 5.74) is 0.930. The summed E-state index contributed by atoms with van der Waals surface area (Å²) in [5.74, 6) is 1.66. The van der Waals surface area contributed by atoms with E-state index in [1.165, 1.54) is 4.88 Å². The summed E-state index contributed by atoms with van der Waals surface area (Å²) in [5, 5.41) is 3.47. The lowest BCUT2D eigenvalue weighted by molar-refractivity contribution is 0.331. The molecule has 3 nitrogen and oxygen atoms in total. The van der Waals surface area contributed by atoms with Crippen LogP contribution < -0.4 is 14.8 Å². The van der Waals surface area contributed by atoms with Crippen LogP contribution in [0.15, 0.2) is 30.3 Å². The predicted octanol–water partition coefficient (Wildman–Crippen LogP) is 5.37. The molecule has 0 spiro atoms. The Labute approximate surface area is 134 Å². The lowest BCUT2D eigenvalue weighted by atomic mass is 10.2. The van der Waals surface area contributed by atoms with Gasteiger partial charge in [0.2, 0.25) is 0 Å². The minimum Gasteiger partial charge on any atom is -0.494 e. The van der Waals surface area contributed by atoms with Crippen molar-refractivity contribution in [1.29, 1.82) is 0 Å². The van der Waals surface area contributed by atoms with Crippen molar-refractivity contribution in [2.75, 3.05) is 18.5 Å². The molecular weight excluding hydrogens is 306 g/mol. The highest BCUT2D eigenvalue weighted by Crippen LogP contribution is 2.34. The number of anilines is 1. The van der Waals surface area contributed by atoms with Gasteiger partial charge in [-0.3, -0.25) is 0 Å². The summed E-state index contributed by atoms with van der Waals surface area (Å²) < 4.78 is 12.0. The maximum atomic E-state index is 6.00. The molecule has 114 valence electrons. The Morgan fingerprint density at radius 1 is 1.14 bits per heavy atom. The van der Waals surface area contributed by atoms with E-state index in [0.717, 1.165) is 21.5 Å². The highest BCUT2D eigenvalue weighted by Gasteiger charge is 2.12. The Bertz CT molecular complexity index is 585. The van der Waals surface area contributed by atoms with Gasteiger partial charge < -0.3 is 14.8 Å². The second-order valence-corrected chi connectivity index (χ2v) is 6.28. The molecule has 0 amide bonds. The van der Waals surface area contributed by atoms with Gasteiger partial charge in [0.05, 0.1) is 29.3 Å². The zero-order chi connectivity index (χ0) is 15.2. The summed E-state index contributed by atoms with van der Waals surface area (Å²) in [4.78, 5) is 1.18. The molecule has 1 aromatic carbocycles. The molecule has 0 aliphatic heterocycles. The summed E-state index contributed by atoms with van der Waals surface area (Å²) in [6.45, 7) is 7.32. The fourth-order valence-electron chi connectivity index (χ4n) is 2.03. The largest absolute Gasteiger partial charge is 0.494 e. The van der Waals surface area contributed by atoms with Crippen molar-refractivity contribution in [2.24, 2.45) is 0 Å². The normalized spacial score (nSPS) is 12.0. The molecule has 1 atom stereocenters. The second kappa shape index (κ2) is 7.57. The summed E-state index contributed by atoms with van der Waals surface area (Å²) >= 11 is 7.58. The van der Waals surface area contributed by atoms with Gasteiger partial charge in [-0.1, -0.05) is 11.6 Å². The molecule has 0 fully saturated rings. The van der Waals surface area contributed by atoms with Crippen molar-refractivity contribution in [3.05, 3.63) is 39.5 Å². The summed E-state index contributed by atoms with van der Waals surface area (Å²) in [6.07, 6.45) is 0. The van der Waals surface area contributed by atoms with E-state index >= 15 is 0 Å². The van der Waals surface area contributed by atoms with Gasteiger partial charge in [0, 0.05) is 10.9 Å². The van der Waals surface area contributed by atoms with E-state index < -0.39 is 0 Å². The number of ether oxygens (including phenoxy) is 2. The number of halogens is 1. The predicted molar refractivity (Wildman–Crippen MR) is 90.1 cm³/mol. The smallest absolute Gasteiger partial charge is 0.142 e. The first-order chi connectivity index (χ1) is 10.1. The number of hydrogen-bond acceptors (Lipinski definition) is 4. The van der Waals surface area contributed by atoms with Gasteiger partial charge in [-0.05, 0) is 45.0 Å². The SMILES string of the molecule is CCOc1ccc(OCC)c(NC(C)c2ccc(Cl)s2)c1. The number of benzene rings is 1. The molecule has 0 aliphatic rings. The zero-order valence-corrected chi connectivity index (χ0v) is 14.1. The molecule has 0 saturated carbocycles. The maximum Gasteiger partial charge on any atom is 0.142 e. The molecule has 21 heavy (non-hydrogen) atoms. The monoisotopic (exact) mass is 325 g/mol.